The number of carbonyl (C=O) groups is 2. The zero-order valence-corrected chi connectivity index (χ0v) is 8.62. The van der Waals surface area contributed by atoms with Gasteiger partial charge in [0.25, 0.3) is 0 Å². The van der Waals surface area contributed by atoms with Gasteiger partial charge in [0.15, 0.2) is 0 Å². The van der Waals surface area contributed by atoms with Crippen LogP contribution in [0.5, 0.6) is 0 Å². The van der Waals surface area contributed by atoms with Crippen molar-refractivity contribution in [3.8, 4) is 0 Å². The Bertz CT molecular complexity index is 176. The predicted octanol–water partition coefficient (Wildman–Crippen LogP) is 0.335. The van der Waals surface area contributed by atoms with Crippen LogP contribution in [0.1, 0.15) is 6.92 Å². The molecule has 0 unspecified atom stereocenters. The maximum Gasteiger partial charge on any atom is 0.406 e. The molecule has 6 nitrogen and oxygen atoms in total. The lowest BCUT2D eigenvalue weighted by atomic mass is 10.2. The van der Waals surface area contributed by atoms with Crippen LogP contribution < -0.4 is 10.6 Å². The van der Waals surface area contributed by atoms with Gasteiger partial charge in [-0.25, -0.2) is 9.59 Å². The number of hydrogen-bond acceptors (Lipinski definition) is 4. The van der Waals surface area contributed by atoms with Crippen LogP contribution in [0, 0.1) is 5.92 Å². The first-order valence-electron chi connectivity index (χ1n) is 4.23. The van der Waals surface area contributed by atoms with Crippen LogP contribution in [0.15, 0.2) is 0 Å². The molecule has 2 N–H and O–H groups in total. The number of rotatable bonds is 4. The highest BCUT2D eigenvalue weighted by molar-refractivity contribution is 5.67. The molecule has 0 spiro atoms. The molecular weight excluding hydrogens is 188 g/mol. The standard InChI is InChI=1S/C8H16N2O4/c1-6(4-9-7(11)13-2)5-10-8(12)14-3/h6H,4-5H2,1-3H3,(H,9,11)(H,10,12). The zero-order valence-electron chi connectivity index (χ0n) is 8.62. The second-order valence-electron chi connectivity index (χ2n) is 2.85. The average molecular weight is 204 g/mol. The Balaban J connectivity index is 3.50. The predicted molar refractivity (Wildman–Crippen MR) is 50.0 cm³/mol. The highest BCUT2D eigenvalue weighted by Crippen LogP contribution is 1.90. The molecule has 0 aromatic heterocycles. The summed E-state index contributed by atoms with van der Waals surface area (Å²) < 4.78 is 8.77. The van der Waals surface area contributed by atoms with E-state index in [1.807, 2.05) is 6.92 Å². The molecule has 0 heterocycles. The first kappa shape index (κ1) is 12.5. The first-order valence-corrected chi connectivity index (χ1v) is 4.23. The highest BCUT2D eigenvalue weighted by atomic mass is 16.5. The Labute approximate surface area is 82.9 Å². The van der Waals surface area contributed by atoms with Crippen molar-refractivity contribution in [2.45, 2.75) is 6.92 Å². The lowest BCUT2D eigenvalue weighted by Crippen LogP contribution is -2.35. The Morgan fingerprint density at radius 3 is 1.71 bits per heavy atom. The minimum atomic E-state index is -0.477. The first-order chi connectivity index (χ1) is 6.60. The van der Waals surface area contributed by atoms with E-state index in [1.54, 1.807) is 0 Å². The van der Waals surface area contributed by atoms with E-state index in [-0.39, 0.29) is 5.92 Å². The smallest absolute Gasteiger partial charge is 0.406 e. The molecule has 0 radical (unpaired) electrons. The van der Waals surface area contributed by atoms with E-state index >= 15 is 0 Å². The van der Waals surface area contributed by atoms with Gasteiger partial charge in [-0.1, -0.05) is 6.92 Å². The summed E-state index contributed by atoms with van der Waals surface area (Å²) in [5.74, 6) is 0.119. The number of methoxy groups -OCH3 is 2. The van der Waals surface area contributed by atoms with Crippen molar-refractivity contribution in [1.82, 2.24) is 10.6 Å². The second kappa shape index (κ2) is 6.99. The maximum atomic E-state index is 10.7. The van der Waals surface area contributed by atoms with Gasteiger partial charge in [-0.05, 0) is 5.92 Å². The molecule has 0 bridgehead atoms. The van der Waals surface area contributed by atoms with E-state index in [9.17, 15) is 9.59 Å². The van der Waals surface area contributed by atoms with Crippen molar-refractivity contribution >= 4 is 12.2 Å². The summed E-state index contributed by atoms with van der Waals surface area (Å²) in [5, 5.41) is 5.04. The molecule has 0 aromatic rings. The van der Waals surface area contributed by atoms with Gasteiger partial charge in [-0.3, -0.25) is 0 Å². The Kier molecular flexibility index (Phi) is 6.26. The maximum absolute atomic E-state index is 10.7. The van der Waals surface area contributed by atoms with E-state index in [0.29, 0.717) is 13.1 Å². The third-order valence-corrected chi connectivity index (χ3v) is 1.56. The molecule has 14 heavy (non-hydrogen) atoms. The molecule has 0 aliphatic heterocycles. The Morgan fingerprint density at radius 2 is 1.43 bits per heavy atom. The summed E-state index contributed by atoms with van der Waals surface area (Å²) in [7, 11) is 2.60. The average Bonchev–Trinajstić information content (AvgIpc) is 2.22. The van der Waals surface area contributed by atoms with Gasteiger partial charge in [0.2, 0.25) is 0 Å². The molecule has 0 saturated heterocycles. The monoisotopic (exact) mass is 204 g/mol. The van der Waals surface area contributed by atoms with E-state index in [2.05, 4.69) is 20.1 Å². The molecular formula is C8H16N2O4. The van der Waals surface area contributed by atoms with Crippen molar-refractivity contribution in [3.63, 3.8) is 0 Å². The molecule has 0 saturated carbocycles. The van der Waals surface area contributed by atoms with Crippen LogP contribution in [0.2, 0.25) is 0 Å². The van der Waals surface area contributed by atoms with Gasteiger partial charge in [0.1, 0.15) is 0 Å². The Morgan fingerprint density at radius 1 is 1.07 bits per heavy atom. The van der Waals surface area contributed by atoms with Crippen LogP contribution in [0.4, 0.5) is 9.59 Å². The molecule has 82 valence electrons. The summed E-state index contributed by atoms with van der Waals surface area (Å²) in [6, 6.07) is 0. The van der Waals surface area contributed by atoms with Gasteiger partial charge < -0.3 is 20.1 Å². The van der Waals surface area contributed by atoms with E-state index in [0.717, 1.165) is 0 Å². The summed E-state index contributed by atoms with van der Waals surface area (Å²) in [6.07, 6.45) is -0.954. The summed E-state index contributed by atoms with van der Waals surface area (Å²) >= 11 is 0. The van der Waals surface area contributed by atoms with Gasteiger partial charge in [0, 0.05) is 13.1 Å². The van der Waals surface area contributed by atoms with Gasteiger partial charge >= 0.3 is 12.2 Å². The molecule has 0 aliphatic rings. The number of hydrogen-bond donors (Lipinski definition) is 2. The number of amides is 2. The minimum absolute atomic E-state index is 0.119. The normalized spacial score (nSPS) is 9.43. The quantitative estimate of drug-likeness (QED) is 0.692. The van der Waals surface area contributed by atoms with E-state index in [1.165, 1.54) is 14.2 Å². The fourth-order valence-electron chi connectivity index (χ4n) is 0.732. The second-order valence-corrected chi connectivity index (χ2v) is 2.85. The molecule has 6 heteroatoms. The van der Waals surface area contributed by atoms with E-state index in [4.69, 9.17) is 0 Å². The van der Waals surface area contributed by atoms with Gasteiger partial charge in [0.05, 0.1) is 14.2 Å². The number of carbonyl (C=O) groups excluding carboxylic acids is 2. The number of alkyl carbamates (subject to hydrolysis) is 2. The largest absolute Gasteiger partial charge is 0.453 e. The Hall–Kier alpha value is -1.46. The topological polar surface area (TPSA) is 76.7 Å². The molecule has 0 aliphatic carbocycles. The van der Waals surface area contributed by atoms with Crippen LogP contribution >= 0.6 is 0 Å². The van der Waals surface area contributed by atoms with Crippen molar-refractivity contribution < 1.29 is 19.1 Å². The van der Waals surface area contributed by atoms with Crippen LogP contribution in [0.25, 0.3) is 0 Å². The molecule has 0 atom stereocenters. The van der Waals surface area contributed by atoms with Crippen LogP contribution in [-0.2, 0) is 9.47 Å². The van der Waals surface area contributed by atoms with Crippen LogP contribution in [0.3, 0.4) is 0 Å². The lowest BCUT2D eigenvalue weighted by molar-refractivity contribution is 0.166. The molecule has 0 aromatic carbocycles. The third kappa shape index (κ3) is 6.10. The van der Waals surface area contributed by atoms with Crippen LogP contribution in [-0.4, -0.2) is 39.5 Å². The number of nitrogens with one attached hydrogen (secondary N) is 2. The highest BCUT2D eigenvalue weighted by Gasteiger charge is 2.06. The van der Waals surface area contributed by atoms with Crippen molar-refractivity contribution in [1.29, 1.82) is 0 Å². The molecule has 2 amide bonds. The van der Waals surface area contributed by atoms with Crippen molar-refractivity contribution in [2.24, 2.45) is 5.92 Å². The minimum Gasteiger partial charge on any atom is -0.453 e. The SMILES string of the molecule is COC(=O)NCC(C)CNC(=O)OC. The van der Waals surface area contributed by atoms with E-state index < -0.39 is 12.2 Å². The fraction of sp³-hybridized carbons (Fsp3) is 0.750. The summed E-state index contributed by atoms with van der Waals surface area (Å²) in [6.45, 7) is 2.76. The fourth-order valence-corrected chi connectivity index (χ4v) is 0.732. The summed E-state index contributed by atoms with van der Waals surface area (Å²) in [4.78, 5) is 21.3. The molecule has 0 fully saturated rings. The van der Waals surface area contributed by atoms with Crippen molar-refractivity contribution in [2.75, 3.05) is 27.3 Å². The number of ether oxygens (including phenoxy) is 2. The zero-order chi connectivity index (χ0) is 11.0. The third-order valence-electron chi connectivity index (χ3n) is 1.56. The molecule has 0 rings (SSSR count). The van der Waals surface area contributed by atoms with Gasteiger partial charge in [-0.2, -0.15) is 0 Å². The van der Waals surface area contributed by atoms with Gasteiger partial charge in [-0.15, -0.1) is 0 Å². The summed E-state index contributed by atoms with van der Waals surface area (Å²) in [5.41, 5.74) is 0. The lowest BCUT2D eigenvalue weighted by Gasteiger charge is -2.12. The van der Waals surface area contributed by atoms with Crippen molar-refractivity contribution in [3.05, 3.63) is 0 Å².